The standard InChI is InChI=1S/C10H14/c1-7-5-8(2)10(4)9(3)6-7/h5-6H,1-4H3/i1D3,2D3,3D3. The molecule has 0 atom stereocenters. The van der Waals surface area contributed by atoms with Gasteiger partial charge in [0.1, 0.15) is 0 Å². The predicted molar refractivity (Wildman–Crippen MR) is 45.4 cm³/mol. The Kier molecular flexibility index (Phi) is 0.460. The van der Waals surface area contributed by atoms with Gasteiger partial charge in [-0.25, -0.2) is 0 Å². The van der Waals surface area contributed by atoms with Crippen LogP contribution in [0.25, 0.3) is 0 Å². The Morgan fingerprint density at radius 3 is 2.10 bits per heavy atom. The molecule has 0 spiro atoms. The van der Waals surface area contributed by atoms with Crippen molar-refractivity contribution < 1.29 is 12.3 Å². The molecule has 0 radical (unpaired) electrons. The molecule has 0 aliphatic carbocycles. The van der Waals surface area contributed by atoms with Crippen molar-refractivity contribution in [2.24, 2.45) is 0 Å². The zero-order valence-corrected chi connectivity index (χ0v) is 5.65. The predicted octanol–water partition coefficient (Wildman–Crippen LogP) is 2.92. The van der Waals surface area contributed by atoms with Crippen LogP contribution in [0.5, 0.6) is 0 Å². The van der Waals surface area contributed by atoms with Gasteiger partial charge < -0.3 is 0 Å². The molecule has 0 heterocycles. The molecule has 1 aromatic rings. The van der Waals surface area contributed by atoms with E-state index in [4.69, 9.17) is 12.3 Å². The van der Waals surface area contributed by atoms with Crippen LogP contribution in [0.2, 0.25) is 0 Å². The average Bonchev–Trinajstić information content (AvgIpc) is 2.11. The molecule has 0 bridgehead atoms. The zero-order chi connectivity index (χ0) is 15.2. The van der Waals surface area contributed by atoms with Crippen molar-refractivity contribution in [1.29, 1.82) is 0 Å². The summed E-state index contributed by atoms with van der Waals surface area (Å²) in [5, 5.41) is 0. The number of rotatable bonds is 0. The molecule has 54 valence electrons. The molecular formula is C10H14. The second kappa shape index (κ2) is 2.45. The first-order valence-electron chi connectivity index (χ1n) is 7.40. The fraction of sp³-hybridized carbons (Fsp3) is 0.400. The fourth-order valence-electron chi connectivity index (χ4n) is 0.714. The normalized spacial score (nSPS) is 27.1. The summed E-state index contributed by atoms with van der Waals surface area (Å²) >= 11 is 0. The molecule has 0 N–H and O–H groups in total. The summed E-state index contributed by atoms with van der Waals surface area (Å²) in [6.07, 6.45) is 0. The van der Waals surface area contributed by atoms with E-state index < -0.39 is 20.6 Å². The number of aryl methyl sites for hydroxylation is 3. The van der Waals surface area contributed by atoms with Gasteiger partial charge in [0.05, 0.1) is 0 Å². The van der Waals surface area contributed by atoms with Gasteiger partial charge in [-0.15, -0.1) is 0 Å². The highest BCUT2D eigenvalue weighted by molar-refractivity contribution is 5.35. The van der Waals surface area contributed by atoms with Crippen molar-refractivity contribution in [3.05, 3.63) is 34.4 Å². The molecule has 0 nitrogen and oxygen atoms in total. The lowest BCUT2D eigenvalue weighted by Gasteiger charge is -2.04. The number of hydrogen-bond donors (Lipinski definition) is 0. The molecule has 0 aliphatic heterocycles. The van der Waals surface area contributed by atoms with E-state index in [1.165, 1.54) is 6.92 Å². The van der Waals surface area contributed by atoms with Crippen molar-refractivity contribution in [2.75, 3.05) is 0 Å². The Labute approximate surface area is 75.5 Å². The summed E-state index contributed by atoms with van der Waals surface area (Å²) < 4.78 is 66.2. The summed E-state index contributed by atoms with van der Waals surface area (Å²) in [4.78, 5) is 0. The van der Waals surface area contributed by atoms with Crippen LogP contribution in [0.1, 0.15) is 34.6 Å². The first-order chi connectivity index (χ1) is 8.24. The lowest BCUT2D eigenvalue weighted by Crippen LogP contribution is -1.86. The lowest BCUT2D eigenvalue weighted by atomic mass is 10.0. The van der Waals surface area contributed by atoms with Gasteiger partial charge in [-0.05, 0) is 44.2 Å². The lowest BCUT2D eigenvalue weighted by molar-refractivity contribution is 1.23. The SMILES string of the molecule is [2H]C([2H])([2H])c1cc(C([2H])([2H])[2H])c(C)c(C([2H])([2H])[2H])c1. The second-order valence-corrected chi connectivity index (χ2v) is 2.20. The number of benzene rings is 1. The molecule has 0 aliphatic rings. The van der Waals surface area contributed by atoms with Crippen LogP contribution < -0.4 is 0 Å². The van der Waals surface area contributed by atoms with Gasteiger partial charge in [-0.2, -0.15) is 0 Å². The van der Waals surface area contributed by atoms with E-state index in [1.54, 1.807) is 0 Å². The summed E-state index contributed by atoms with van der Waals surface area (Å²) in [6, 6.07) is 2.09. The molecule has 1 rings (SSSR count). The van der Waals surface area contributed by atoms with Gasteiger partial charge in [0.15, 0.2) is 0 Å². The Morgan fingerprint density at radius 2 is 1.70 bits per heavy atom. The van der Waals surface area contributed by atoms with E-state index in [0.29, 0.717) is 0 Å². The van der Waals surface area contributed by atoms with Gasteiger partial charge in [-0.3, -0.25) is 0 Å². The van der Waals surface area contributed by atoms with Gasteiger partial charge in [-0.1, -0.05) is 17.7 Å². The molecule has 0 amide bonds. The van der Waals surface area contributed by atoms with Crippen molar-refractivity contribution in [3.8, 4) is 0 Å². The van der Waals surface area contributed by atoms with Crippen LogP contribution >= 0.6 is 0 Å². The average molecular weight is 143 g/mol. The van der Waals surface area contributed by atoms with E-state index in [-0.39, 0.29) is 22.3 Å². The second-order valence-electron chi connectivity index (χ2n) is 2.20. The number of hydrogen-bond acceptors (Lipinski definition) is 0. The molecule has 10 heavy (non-hydrogen) atoms. The molecule has 0 aromatic heterocycles. The molecular weight excluding hydrogens is 120 g/mol. The molecule has 0 saturated carbocycles. The van der Waals surface area contributed by atoms with Crippen LogP contribution in [0.15, 0.2) is 12.1 Å². The van der Waals surface area contributed by atoms with Gasteiger partial charge >= 0.3 is 0 Å². The minimum Gasteiger partial charge on any atom is -0.0561 e. The topological polar surface area (TPSA) is 0 Å². The van der Waals surface area contributed by atoms with Gasteiger partial charge in [0, 0.05) is 12.3 Å². The molecule has 0 unspecified atom stereocenters. The molecule has 0 saturated heterocycles. The maximum absolute atomic E-state index is 7.38. The highest BCUT2D eigenvalue weighted by atomic mass is 14.0. The van der Waals surface area contributed by atoms with Crippen LogP contribution in [0.4, 0.5) is 0 Å². The van der Waals surface area contributed by atoms with E-state index in [1.807, 2.05) is 0 Å². The minimum absolute atomic E-state index is 0.0907. The molecule has 1 aromatic carbocycles. The summed E-state index contributed by atoms with van der Waals surface area (Å²) in [5.74, 6) is 0. The first-order valence-corrected chi connectivity index (χ1v) is 2.90. The molecule has 0 heteroatoms. The van der Waals surface area contributed by atoms with Crippen molar-refractivity contribution in [1.82, 2.24) is 0 Å². The Bertz CT molecular complexity index is 440. The van der Waals surface area contributed by atoms with Crippen molar-refractivity contribution >= 4 is 0 Å². The Hall–Kier alpha value is -0.780. The van der Waals surface area contributed by atoms with E-state index in [0.717, 1.165) is 12.1 Å². The third kappa shape index (κ3) is 1.21. The maximum Gasteiger partial charge on any atom is 0.0280 e. The van der Waals surface area contributed by atoms with Crippen LogP contribution in [-0.2, 0) is 0 Å². The fourth-order valence-corrected chi connectivity index (χ4v) is 0.714. The quantitative estimate of drug-likeness (QED) is 0.524. The van der Waals surface area contributed by atoms with Crippen molar-refractivity contribution in [3.63, 3.8) is 0 Å². The van der Waals surface area contributed by atoms with Crippen molar-refractivity contribution in [2.45, 2.75) is 27.5 Å². The summed E-state index contributed by atoms with van der Waals surface area (Å²) in [7, 11) is 0. The maximum atomic E-state index is 7.38. The highest BCUT2D eigenvalue weighted by Gasteiger charge is 1.95. The minimum atomic E-state index is -2.55. The van der Waals surface area contributed by atoms with Gasteiger partial charge in [0.25, 0.3) is 0 Å². The third-order valence-electron chi connectivity index (χ3n) is 1.41. The first kappa shape index (κ1) is 1.88. The summed E-state index contributed by atoms with van der Waals surface area (Å²) in [5.41, 5.74) is -0.636. The van der Waals surface area contributed by atoms with E-state index in [9.17, 15) is 0 Å². The Balaban J connectivity index is 3.68. The van der Waals surface area contributed by atoms with E-state index in [2.05, 4.69) is 0 Å². The van der Waals surface area contributed by atoms with Crippen LogP contribution in [0, 0.1) is 27.5 Å². The molecule has 0 fully saturated rings. The third-order valence-corrected chi connectivity index (χ3v) is 1.41. The van der Waals surface area contributed by atoms with Gasteiger partial charge in [0.2, 0.25) is 0 Å². The van der Waals surface area contributed by atoms with Crippen LogP contribution in [0.3, 0.4) is 0 Å². The van der Waals surface area contributed by atoms with E-state index >= 15 is 0 Å². The Morgan fingerprint density at radius 1 is 1.10 bits per heavy atom. The summed E-state index contributed by atoms with van der Waals surface area (Å²) in [6.45, 7) is -6.27. The monoisotopic (exact) mass is 143 g/mol. The largest absolute Gasteiger partial charge is 0.0561 e. The zero-order valence-electron chi connectivity index (χ0n) is 14.7. The smallest absolute Gasteiger partial charge is 0.0280 e. The van der Waals surface area contributed by atoms with Crippen LogP contribution in [-0.4, -0.2) is 0 Å². The highest BCUT2D eigenvalue weighted by Crippen LogP contribution is 2.13.